The average Bonchev–Trinajstić information content (AvgIpc) is 2.23. The third-order valence-electron chi connectivity index (χ3n) is 1.96. The number of carbonyl (C=O) groups excluding carboxylic acids is 1. The van der Waals surface area contributed by atoms with Crippen LogP contribution in [0.3, 0.4) is 0 Å². The predicted octanol–water partition coefficient (Wildman–Crippen LogP) is 5.26. The molecular formula is C11H7ClF6OS2. The van der Waals surface area contributed by atoms with E-state index in [1.807, 2.05) is 0 Å². The maximum Gasteiger partial charge on any atom is 0.446 e. The van der Waals surface area contributed by atoms with Gasteiger partial charge in [0.2, 0.25) is 0 Å². The van der Waals surface area contributed by atoms with Crippen LogP contribution in [0.5, 0.6) is 0 Å². The standard InChI is InChI=1S/C11H7ClF6OS2/c12-5-7(19)1-6-2-8(20-10(13,14)15)4-9(3-6)21-11(16,17)18/h2-4H,1,5H2. The van der Waals surface area contributed by atoms with E-state index in [-0.39, 0.29) is 17.9 Å². The summed E-state index contributed by atoms with van der Waals surface area (Å²) in [5, 5.41) is 0. The fraction of sp³-hybridized carbons (Fsp3) is 0.364. The maximum absolute atomic E-state index is 12.3. The first-order valence-electron chi connectivity index (χ1n) is 5.21. The second kappa shape index (κ2) is 7.15. The number of hydrogen-bond donors (Lipinski definition) is 0. The van der Waals surface area contributed by atoms with E-state index in [0.717, 1.165) is 18.2 Å². The van der Waals surface area contributed by atoms with E-state index < -0.39 is 50.1 Å². The van der Waals surface area contributed by atoms with Crippen molar-refractivity contribution in [2.75, 3.05) is 5.88 Å². The van der Waals surface area contributed by atoms with Gasteiger partial charge in [0, 0.05) is 16.2 Å². The van der Waals surface area contributed by atoms with Crippen LogP contribution in [0.15, 0.2) is 28.0 Å². The van der Waals surface area contributed by atoms with Gasteiger partial charge in [0.1, 0.15) is 0 Å². The van der Waals surface area contributed by atoms with E-state index in [2.05, 4.69) is 0 Å². The minimum atomic E-state index is -4.63. The molecule has 0 saturated carbocycles. The number of carbonyl (C=O) groups is 1. The van der Waals surface area contributed by atoms with Crippen LogP contribution in [0, 0.1) is 0 Å². The largest absolute Gasteiger partial charge is 0.446 e. The second-order valence-electron chi connectivity index (χ2n) is 3.76. The normalized spacial score (nSPS) is 12.5. The molecule has 0 fully saturated rings. The van der Waals surface area contributed by atoms with Crippen molar-refractivity contribution < 1.29 is 31.1 Å². The van der Waals surface area contributed by atoms with Gasteiger partial charge in [-0.2, -0.15) is 26.3 Å². The summed E-state index contributed by atoms with van der Waals surface area (Å²) in [5.41, 5.74) is -9.20. The van der Waals surface area contributed by atoms with Gasteiger partial charge in [-0.3, -0.25) is 4.79 Å². The monoisotopic (exact) mass is 368 g/mol. The van der Waals surface area contributed by atoms with Crippen molar-refractivity contribution in [3.05, 3.63) is 23.8 Å². The van der Waals surface area contributed by atoms with Crippen molar-refractivity contribution in [2.45, 2.75) is 27.2 Å². The summed E-state index contributed by atoms with van der Waals surface area (Å²) in [6, 6.07) is 2.84. The smallest absolute Gasteiger partial charge is 0.298 e. The minimum absolute atomic E-state index is 0.0571. The van der Waals surface area contributed by atoms with Crippen molar-refractivity contribution in [3.63, 3.8) is 0 Å². The Balaban J connectivity index is 3.10. The molecule has 0 radical (unpaired) electrons. The molecule has 118 valence electrons. The van der Waals surface area contributed by atoms with E-state index in [0.29, 0.717) is 0 Å². The van der Waals surface area contributed by atoms with Gasteiger partial charge in [0.15, 0.2) is 5.78 Å². The summed E-state index contributed by atoms with van der Waals surface area (Å²) in [7, 11) is 0. The topological polar surface area (TPSA) is 17.1 Å². The van der Waals surface area contributed by atoms with Crippen molar-refractivity contribution in [1.82, 2.24) is 0 Å². The summed E-state index contributed by atoms with van der Waals surface area (Å²) in [6.07, 6.45) is -0.318. The van der Waals surface area contributed by atoms with Crippen LogP contribution in [0.25, 0.3) is 0 Å². The fourth-order valence-corrected chi connectivity index (χ4v) is 2.89. The van der Waals surface area contributed by atoms with Crippen molar-refractivity contribution in [2.24, 2.45) is 0 Å². The lowest BCUT2D eigenvalue weighted by molar-refractivity contribution is -0.116. The van der Waals surface area contributed by atoms with E-state index in [1.165, 1.54) is 0 Å². The van der Waals surface area contributed by atoms with E-state index in [4.69, 9.17) is 11.6 Å². The minimum Gasteiger partial charge on any atom is -0.298 e. The first-order valence-corrected chi connectivity index (χ1v) is 7.38. The fourth-order valence-electron chi connectivity index (χ4n) is 1.39. The first kappa shape index (κ1) is 18.5. The highest BCUT2D eigenvalue weighted by Crippen LogP contribution is 2.42. The Kier molecular flexibility index (Phi) is 6.30. The Hall–Kier alpha value is -0.540. The number of hydrogen-bond acceptors (Lipinski definition) is 3. The highest BCUT2D eigenvalue weighted by atomic mass is 35.5. The third kappa shape index (κ3) is 7.87. The summed E-state index contributed by atoms with van der Waals surface area (Å²) in [5.74, 6) is -0.855. The molecule has 1 aromatic rings. The molecule has 0 heterocycles. The summed E-state index contributed by atoms with van der Waals surface area (Å²) >= 11 is 4.20. The van der Waals surface area contributed by atoms with E-state index in [1.54, 1.807) is 0 Å². The highest BCUT2D eigenvalue weighted by Gasteiger charge is 2.32. The second-order valence-corrected chi connectivity index (χ2v) is 6.30. The van der Waals surface area contributed by atoms with Crippen LogP contribution in [-0.2, 0) is 11.2 Å². The van der Waals surface area contributed by atoms with Crippen molar-refractivity contribution in [1.29, 1.82) is 0 Å². The highest BCUT2D eigenvalue weighted by molar-refractivity contribution is 8.01. The van der Waals surface area contributed by atoms with Crippen LogP contribution < -0.4 is 0 Å². The third-order valence-corrected chi connectivity index (χ3v) is 3.66. The number of thioether (sulfide) groups is 2. The predicted molar refractivity (Wildman–Crippen MR) is 69.7 cm³/mol. The van der Waals surface area contributed by atoms with E-state index >= 15 is 0 Å². The van der Waals surface area contributed by atoms with Crippen molar-refractivity contribution in [3.8, 4) is 0 Å². The van der Waals surface area contributed by atoms with Gasteiger partial charge in [0.05, 0.1) is 5.88 Å². The molecule has 21 heavy (non-hydrogen) atoms. The molecule has 0 aliphatic carbocycles. The Bertz CT molecular complexity index is 480. The molecule has 0 unspecified atom stereocenters. The number of halogens is 7. The Labute approximate surface area is 129 Å². The van der Waals surface area contributed by atoms with Gasteiger partial charge in [-0.05, 0) is 47.3 Å². The zero-order valence-electron chi connectivity index (χ0n) is 10.0. The molecular weight excluding hydrogens is 362 g/mol. The first-order chi connectivity index (χ1) is 9.48. The van der Waals surface area contributed by atoms with Crippen LogP contribution in [0.1, 0.15) is 5.56 Å². The van der Waals surface area contributed by atoms with Gasteiger partial charge < -0.3 is 0 Å². The SMILES string of the molecule is O=C(CCl)Cc1cc(SC(F)(F)F)cc(SC(F)(F)F)c1. The quantitative estimate of drug-likeness (QED) is 0.401. The molecule has 0 aromatic heterocycles. The number of alkyl halides is 7. The molecule has 0 amide bonds. The Morgan fingerprint density at radius 3 is 1.71 bits per heavy atom. The Morgan fingerprint density at radius 1 is 0.952 bits per heavy atom. The van der Waals surface area contributed by atoms with Crippen LogP contribution in [0.4, 0.5) is 26.3 Å². The van der Waals surface area contributed by atoms with Crippen molar-refractivity contribution >= 4 is 40.9 Å². The molecule has 0 aliphatic heterocycles. The van der Waals surface area contributed by atoms with E-state index in [9.17, 15) is 31.1 Å². The molecule has 0 spiro atoms. The van der Waals surface area contributed by atoms with Gasteiger partial charge in [-0.25, -0.2) is 0 Å². The summed E-state index contributed by atoms with van der Waals surface area (Å²) in [6.45, 7) is 0. The molecule has 1 aromatic carbocycles. The van der Waals surface area contributed by atoms with Crippen LogP contribution in [-0.4, -0.2) is 22.7 Å². The summed E-state index contributed by atoms with van der Waals surface area (Å²) < 4.78 is 73.9. The zero-order chi connectivity index (χ0) is 16.3. The lowest BCUT2D eigenvalue weighted by atomic mass is 10.1. The van der Waals surface area contributed by atoms with Gasteiger partial charge in [0.25, 0.3) is 0 Å². The number of benzene rings is 1. The molecule has 0 bridgehead atoms. The molecule has 0 aliphatic rings. The molecule has 1 rings (SSSR count). The molecule has 0 N–H and O–H groups in total. The summed E-state index contributed by atoms with van der Waals surface area (Å²) in [4.78, 5) is 10.4. The zero-order valence-corrected chi connectivity index (χ0v) is 12.4. The average molecular weight is 369 g/mol. The van der Waals surface area contributed by atoms with Crippen LogP contribution in [0.2, 0.25) is 0 Å². The lowest BCUT2D eigenvalue weighted by Gasteiger charge is -2.11. The van der Waals surface area contributed by atoms with Crippen LogP contribution >= 0.6 is 35.1 Å². The molecule has 1 nitrogen and oxygen atoms in total. The Morgan fingerprint density at radius 2 is 1.38 bits per heavy atom. The number of rotatable bonds is 5. The van der Waals surface area contributed by atoms with Gasteiger partial charge >= 0.3 is 11.0 Å². The molecule has 0 saturated heterocycles. The van der Waals surface area contributed by atoms with Gasteiger partial charge in [-0.15, -0.1) is 11.6 Å². The number of ketones is 1. The maximum atomic E-state index is 12.3. The molecule has 0 atom stereocenters. The van der Waals surface area contributed by atoms with Gasteiger partial charge in [-0.1, -0.05) is 0 Å². The number of Topliss-reactive ketones (excluding diaryl/α,β-unsaturated/α-hetero) is 1. The molecule has 10 heteroatoms. The lowest BCUT2D eigenvalue weighted by Crippen LogP contribution is -2.06.